The summed E-state index contributed by atoms with van der Waals surface area (Å²) in [5, 5.41) is 13.2. The minimum atomic E-state index is -0.185. The molecule has 2 aromatic rings. The van der Waals surface area contributed by atoms with E-state index in [4.69, 9.17) is 4.52 Å². The molecule has 0 atom stereocenters. The number of anilines is 1. The number of hydrogen-bond donors (Lipinski definition) is 1. The molecule has 0 bridgehead atoms. The van der Waals surface area contributed by atoms with Gasteiger partial charge in [-0.2, -0.15) is 0 Å². The molecule has 5 heteroatoms. The molecular formula is C14H16N2O3. The van der Waals surface area contributed by atoms with Gasteiger partial charge in [-0.3, -0.25) is 4.79 Å². The molecule has 0 radical (unpaired) electrons. The number of carbonyl (C=O) groups is 1. The van der Waals surface area contributed by atoms with Gasteiger partial charge in [-0.05, 0) is 32.4 Å². The van der Waals surface area contributed by atoms with Gasteiger partial charge in [0.1, 0.15) is 17.1 Å². The Labute approximate surface area is 111 Å². The van der Waals surface area contributed by atoms with E-state index in [1.807, 2.05) is 13.8 Å². The number of aromatic nitrogens is 1. The van der Waals surface area contributed by atoms with E-state index in [0.717, 1.165) is 5.56 Å². The molecule has 1 N–H and O–H groups in total. The zero-order valence-electron chi connectivity index (χ0n) is 11.2. The van der Waals surface area contributed by atoms with Gasteiger partial charge in [-0.1, -0.05) is 11.2 Å². The average molecular weight is 260 g/mol. The first-order chi connectivity index (χ1) is 9.04. The van der Waals surface area contributed by atoms with Gasteiger partial charge in [0.2, 0.25) is 0 Å². The van der Waals surface area contributed by atoms with E-state index < -0.39 is 0 Å². The molecule has 0 saturated heterocycles. The molecule has 0 fully saturated rings. The fourth-order valence-electron chi connectivity index (χ4n) is 1.96. The lowest BCUT2D eigenvalue weighted by Crippen LogP contribution is -2.31. The number of benzene rings is 1. The van der Waals surface area contributed by atoms with Crippen LogP contribution in [0.25, 0.3) is 0 Å². The monoisotopic (exact) mass is 260 g/mol. The molecule has 0 saturated carbocycles. The van der Waals surface area contributed by atoms with Gasteiger partial charge in [0, 0.05) is 12.6 Å². The molecule has 2 rings (SSSR count). The van der Waals surface area contributed by atoms with Crippen molar-refractivity contribution < 1.29 is 14.4 Å². The number of aryl methyl sites for hydroxylation is 2. The zero-order chi connectivity index (χ0) is 14.0. The van der Waals surface area contributed by atoms with Crippen LogP contribution in [0.15, 0.2) is 28.9 Å². The summed E-state index contributed by atoms with van der Waals surface area (Å²) in [5.74, 6) is 0.435. The van der Waals surface area contributed by atoms with Crippen molar-refractivity contribution in [3.63, 3.8) is 0 Å². The van der Waals surface area contributed by atoms with E-state index in [2.05, 4.69) is 5.16 Å². The highest BCUT2D eigenvalue weighted by Gasteiger charge is 2.21. The number of aromatic hydroxyl groups is 1. The fourth-order valence-corrected chi connectivity index (χ4v) is 1.96. The number of amides is 1. The number of carbonyl (C=O) groups excluding carboxylic acids is 1. The number of rotatable bonds is 3. The van der Waals surface area contributed by atoms with Gasteiger partial charge in [-0.25, -0.2) is 0 Å². The summed E-state index contributed by atoms with van der Waals surface area (Å²) in [7, 11) is 0. The lowest BCUT2D eigenvalue weighted by Gasteiger charge is -2.22. The van der Waals surface area contributed by atoms with Gasteiger partial charge in [0.15, 0.2) is 0 Å². The topological polar surface area (TPSA) is 66.6 Å². The third-order valence-corrected chi connectivity index (χ3v) is 3.03. The van der Waals surface area contributed by atoms with Crippen LogP contribution in [0, 0.1) is 13.8 Å². The van der Waals surface area contributed by atoms with Crippen LogP contribution < -0.4 is 4.90 Å². The maximum atomic E-state index is 12.5. The molecule has 5 nitrogen and oxygen atoms in total. The molecule has 1 aromatic carbocycles. The van der Waals surface area contributed by atoms with Crippen LogP contribution in [0.2, 0.25) is 0 Å². The molecule has 1 aromatic heterocycles. The van der Waals surface area contributed by atoms with E-state index in [1.165, 1.54) is 6.20 Å². The summed E-state index contributed by atoms with van der Waals surface area (Å²) >= 11 is 0. The van der Waals surface area contributed by atoms with Crippen LogP contribution >= 0.6 is 0 Å². The molecule has 0 aliphatic carbocycles. The highest BCUT2D eigenvalue weighted by atomic mass is 16.5. The quantitative estimate of drug-likeness (QED) is 0.921. The second-order valence-corrected chi connectivity index (χ2v) is 4.32. The average Bonchev–Trinajstić information content (AvgIpc) is 2.80. The SMILES string of the molecule is CCN(C(=O)c1cnoc1C)c1cc(O)ccc1C. The summed E-state index contributed by atoms with van der Waals surface area (Å²) in [6.45, 7) is 5.96. The van der Waals surface area contributed by atoms with Crippen molar-refractivity contribution in [2.45, 2.75) is 20.8 Å². The Bertz CT molecular complexity index is 604. The molecule has 0 aliphatic rings. The Morgan fingerprint density at radius 2 is 2.16 bits per heavy atom. The van der Waals surface area contributed by atoms with Crippen LogP contribution in [0.1, 0.15) is 28.6 Å². The number of phenolic OH excluding ortho intramolecular Hbond substituents is 1. The van der Waals surface area contributed by atoms with Crippen molar-refractivity contribution in [1.29, 1.82) is 0 Å². The Morgan fingerprint density at radius 3 is 2.74 bits per heavy atom. The van der Waals surface area contributed by atoms with Crippen LogP contribution in [0.4, 0.5) is 5.69 Å². The van der Waals surface area contributed by atoms with Crippen molar-refractivity contribution in [3.05, 3.63) is 41.3 Å². The summed E-state index contributed by atoms with van der Waals surface area (Å²) in [4.78, 5) is 14.1. The van der Waals surface area contributed by atoms with Gasteiger partial charge in [0.25, 0.3) is 5.91 Å². The molecule has 19 heavy (non-hydrogen) atoms. The smallest absolute Gasteiger partial charge is 0.263 e. The maximum Gasteiger partial charge on any atom is 0.263 e. The lowest BCUT2D eigenvalue weighted by molar-refractivity contribution is 0.0986. The summed E-state index contributed by atoms with van der Waals surface area (Å²) < 4.78 is 4.92. The van der Waals surface area contributed by atoms with Gasteiger partial charge in [-0.15, -0.1) is 0 Å². The van der Waals surface area contributed by atoms with E-state index in [0.29, 0.717) is 23.6 Å². The van der Waals surface area contributed by atoms with E-state index in [1.54, 1.807) is 30.0 Å². The minimum Gasteiger partial charge on any atom is -0.508 e. The summed E-state index contributed by atoms with van der Waals surface area (Å²) in [6, 6.07) is 4.96. The van der Waals surface area contributed by atoms with Crippen molar-refractivity contribution in [2.75, 3.05) is 11.4 Å². The van der Waals surface area contributed by atoms with Gasteiger partial charge >= 0.3 is 0 Å². The predicted octanol–water partition coefficient (Wildman–Crippen LogP) is 2.66. The lowest BCUT2D eigenvalue weighted by atomic mass is 10.1. The van der Waals surface area contributed by atoms with Crippen LogP contribution in [-0.4, -0.2) is 22.7 Å². The molecule has 1 amide bonds. The normalized spacial score (nSPS) is 10.5. The van der Waals surface area contributed by atoms with Crippen LogP contribution in [0.3, 0.4) is 0 Å². The standard InChI is InChI=1S/C14H16N2O3/c1-4-16(13-7-11(17)6-5-9(13)2)14(18)12-8-15-19-10(12)3/h5-8,17H,4H2,1-3H3. The van der Waals surface area contributed by atoms with Crippen LogP contribution in [-0.2, 0) is 0 Å². The van der Waals surface area contributed by atoms with Crippen molar-refractivity contribution in [3.8, 4) is 5.75 Å². The Kier molecular flexibility index (Phi) is 3.55. The first kappa shape index (κ1) is 13.1. The third-order valence-electron chi connectivity index (χ3n) is 3.03. The largest absolute Gasteiger partial charge is 0.508 e. The maximum absolute atomic E-state index is 12.5. The number of nitrogens with zero attached hydrogens (tertiary/aromatic N) is 2. The van der Waals surface area contributed by atoms with E-state index >= 15 is 0 Å². The second-order valence-electron chi connectivity index (χ2n) is 4.32. The molecular weight excluding hydrogens is 244 g/mol. The first-order valence-corrected chi connectivity index (χ1v) is 6.07. The molecule has 100 valence electrons. The predicted molar refractivity (Wildman–Crippen MR) is 71.4 cm³/mol. The zero-order valence-corrected chi connectivity index (χ0v) is 11.2. The Morgan fingerprint density at radius 1 is 1.42 bits per heavy atom. The Hall–Kier alpha value is -2.30. The van der Waals surface area contributed by atoms with E-state index in [-0.39, 0.29) is 11.7 Å². The van der Waals surface area contributed by atoms with E-state index in [9.17, 15) is 9.90 Å². The van der Waals surface area contributed by atoms with Gasteiger partial charge in [0.05, 0.1) is 11.9 Å². The summed E-state index contributed by atoms with van der Waals surface area (Å²) in [5.41, 5.74) is 2.04. The number of hydrogen-bond acceptors (Lipinski definition) is 4. The van der Waals surface area contributed by atoms with Crippen molar-refractivity contribution >= 4 is 11.6 Å². The third kappa shape index (κ3) is 2.45. The Balaban J connectivity index is 2.43. The molecule has 0 aliphatic heterocycles. The minimum absolute atomic E-state index is 0.133. The number of phenols is 1. The fraction of sp³-hybridized carbons (Fsp3) is 0.286. The second kappa shape index (κ2) is 5.14. The molecule has 1 heterocycles. The summed E-state index contributed by atoms with van der Waals surface area (Å²) in [6.07, 6.45) is 1.42. The van der Waals surface area contributed by atoms with Crippen molar-refractivity contribution in [2.24, 2.45) is 0 Å². The van der Waals surface area contributed by atoms with Crippen molar-refractivity contribution in [1.82, 2.24) is 5.16 Å². The van der Waals surface area contributed by atoms with Gasteiger partial charge < -0.3 is 14.5 Å². The highest BCUT2D eigenvalue weighted by molar-refractivity contribution is 6.06. The first-order valence-electron chi connectivity index (χ1n) is 6.07. The highest BCUT2D eigenvalue weighted by Crippen LogP contribution is 2.26. The molecule has 0 spiro atoms. The molecule has 0 unspecified atom stereocenters. The van der Waals surface area contributed by atoms with Crippen LogP contribution in [0.5, 0.6) is 5.75 Å².